The fourth-order valence-corrected chi connectivity index (χ4v) is 2.60. The molecule has 1 N–H and O–H groups in total. The molecule has 2 aliphatic rings. The van der Waals surface area contributed by atoms with Crippen LogP contribution < -0.4 is 5.32 Å². The maximum atomic E-state index is 11.9. The van der Waals surface area contributed by atoms with E-state index < -0.39 is 0 Å². The minimum atomic E-state index is -0.281. The van der Waals surface area contributed by atoms with E-state index in [-0.39, 0.29) is 12.0 Å². The Morgan fingerprint density at radius 2 is 2.00 bits per heavy atom. The van der Waals surface area contributed by atoms with Crippen LogP contribution in [0.4, 0.5) is 0 Å². The molecule has 98 valence electrons. The van der Waals surface area contributed by atoms with Gasteiger partial charge in [-0.25, -0.2) is 0 Å². The van der Waals surface area contributed by atoms with Crippen molar-refractivity contribution in [2.24, 2.45) is 0 Å². The first kappa shape index (κ1) is 12.8. The summed E-state index contributed by atoms with van der Waals surface area (Å²) in [6.07, 6.45) is 5.38. The fourth-order valence-electron chi connectivity index (χ4n) is 2.60. The molecule has 4 heteroatoms. The van der Waals surface area contributed by atoms with Gasteiger partial charge in [0.05, 0.1) is 0 Å². The predicted octanol–water partition coefficient (Wildman–Crippen LogP) is 1.15. The van der Waals surface area contributed by atoms with Crippen LogP contribution in [0.1, 0.15) is 39.0 Å². The zero-order valence-electron chi connectivity index (χ0n) is 10.9. The maximum Gasteiger partial charge on any atom is 0.249 e. The Morgan fingerprint density at radius 3 is 2.47 bits per heavy atom. The largest absolute Gasteiger partial charge is 0.372 e. The Morgan fingerprint density at radius 1 is 1.35 bits per heavy atom. The van der Waals surface area contributed by atoms with Gasteiger partial charge in [-0.2, -0.15) is 0 Å². The average molecular weight is 240 g/mol. The first-order valence-electron chi connectivity index (χ1n) is 6.81. The molecule has 1 unspecified atom stereocenters. The van der Waals surface area contributed by atoms with E-state index in [1.807, 2.05) is 6.92 Å². The second-order valence-electron chi connectivity index (χ2n) is 5.18. The normalized spacial score (nSPS) is 24.6. The molecule has 0 aromatic carbocycles. The zero-order valence-corrected chi connectivity index (χ0v) is 10.9. The molecule has 1 amide bonds. The van der Waals surface area contributed by atoms with E-state index in [4.69, 9.17) is 4.74 Å². The number of hydrogen-bond donors (Lipinski definition) is 1. The van der Waals surface area contributed by atoms with Crippen molar-refractivity contribution >= 4 is 5.91 Å². The maximum absolute atomic E-state index is 11.9. The van der Waals surface area contributed by atoms with Crippen LogP contribution in [0.5, 0.6) is 0 Å². The first-order chi connectivity index (χ1) is 8.24. The van der Waals surface area contributed by atoms with Gasteiger partial charge in [-0.15, -0.1) is 0 Å². The van der Waals surface area contributed by atoms with E-state index in [0.29, 0.717) is 6.04 Å². The highest BCUT2D eigenvalue weighted by Gasteiger charge is 2.32. The average Bonchev–Trinajstić information content (AvgIpc) is 3.15. The van der Waals surface area contributed by atoms with Gasteiger partial charge in [0, 0.05) is 32.3 Å². The van der Waals surface area contributed by atoms with Crippen molar-refractivity contribution in [2.75, 3.05) is 20.2 Å². The van der Waals surface area contributed by atoms with Gasteiger partial charge in [-0.3, -0.25) is 4.79 Å². The molecule has 1 heterocycles. The summed E-state index contributed by atoms with van der Waals surface area (Å²) in [4.78, 5) is 14.4. The van der Waals surface area contributed by atoms with E-state index >= 15 is 0 Å². The van der Waals surface area contributed by atoms with E-state index in [9.17, 15) is 4.79 Å². The highest BCUT2D eigenvalue weighted by atomic mass is 16.5. The lowest BCUT2D eigenvalue weighted by Crippen LogP contribution is -2.48. The summed E-state index contributed by atoms with van der Waals surface area (Å²) < 4.78 is 5.15. The van der Waals surface area contributed by atoms with Crippen molar-refractivity contribution in [1.29, 1.82) is 0 Å². The molecule has 2 fully saturated rings. The molecule has 0 bridgehead atoms. The molecule has 1 saturated heterocycles. The molecule has 2 rings (SSSR count). The number of piperidine rings is 1. The Kier molecular flexibility index (Phi) is 4.40. The van der Waals surface area contributed by atoms with Crippen LogP contribution in [-0.2, 0) is 9.53 Å². The summed E-state index contributed by atoms with van der Waals surface area (Å²) in [5, 5.41) is 3.11. The fraction of sp³-hybridized carbons (Fsp3) is 0.923. The number of rotatable bonds is 5. The standard InChI is InChI=1S/C13H24N2O2/c1-3-12(17-2)13(16)14-10-6-8-15(9-7-10)11-4-5-11/h10-12H,3-9H2,1-2H3,(H,14,16). The summed E-state index contributed by atoms with van der Waals surface area (Å²) in [5.74, 6) is 0.0554. The lowest BCUT2D eigenvalue weighted by Gasteiger charge is -2.32. The summed E-state index contributed by atoms with van der Waals surface area (Å²) in [5.41, 5.74) is 0. The number of nitrogens with zero attached hydrogens (tertiary/aromatic N) is 1. The number of hydrogen-bond acceptors (Lipinski definition) is 3. The number of amides is 1. The van der Waals surface area contributed by atoms with Crippen LogP contribution in [-0.4, -0.2) is 49.2 Å². The third-order valence-electron chi connectivity index (χ3n) is 3.89. The number of methoxy groups -OCH3 is 1. The van der Waals surface area contributed by atoms with Crippen LogP contribution in [0.2, 0.25) is 0 Å². The van der Waals surface area contributed by atoms with E-state index in [1.165, 1.54) is 12.8 Å². The Bertz CT molecular complexity index is 254. The topological polar surface area (TPSA) is 41.6 Å². The van der Waals surface area contributed by atoms with Gasteiger partial charge >= 0.3 is 0 Å². The Hall–Kier alpha value is -0.610. The third kappa shape index (κ3) is 3.42. The van der Waals surface area contributed by atoms with Crippen molar-refractivity contribution in [3.05, 3.63) is 0 Å². The van der Waals surface area contributed by atoms with Gasteiger partial charge in [0.15, 0.2) is 0 Å². The quantitative estimate of drug-likeness (QED) is 0.784. The molecule has 0 aromatic rings. The zero-order chi connectivity index (χ0) is 12.3. The van der Waals surface area contributed by atoms with Gasteiger partial charge in [0.2, 0.25) is 5.91 Å². The molecule has 1 aliphatic carbocycles. The summed E-state index contributed by atoms with van der Waals surface area (Å²) in [6.45, 7) is 4.25. The molecule has 1 saturated carbocycles. The minimum absolute atomic E-state index is 0.0554. The molecule has 1 atom stereocenters. The minimum Gasteiger partial charge on any atom is -0.372 e. The molecular formula is C13H24N2O2. The van der Waals surface area contributed by atoms with Gasteiger partial charge in [-0.05, 0) is 32.1 Å². The third-order valence-corrected chi connectivity index (χ3v) is 3.89. The van der Waals surface area contributed by atoms with Crippen LogP contribution in [0, 0.1) is 0 Å². The van der Waals surface area contributed by atoms with Gasteiger partial charge in [-0.1, -0.05) is 6.92 Å². The van der Waals surface area contributed by atoms with Crippen molar-refractivity contribution in [1.82, 2.24) is 10.2 Å². The predicted molar refractivity (Wildman–Crippen MR) is 66.8 cm³/mol. The molecule has 0 aromatic heterocycles. The van der Waals surface area contributed by atoms with E-state index in [1.54, 1.807) is 7.11 Å². The van der Waals surface area contributed by atoms with Gasteiger partial charge < -0.3 is 15.0 Å². The number of likely N-dealkylation sites (tertiary alicyclic amines) is 1. The molecule has 0 radical (unpaired) electrons. The van der Waals surface area contributed by atoms with Crippen LogP contribution >= 0.6 is 0 Å². The smallest absolute Gasteiger partial charge is 0.249 e. The number of nitrogens with one attached hydrogen (secondary N) is 1. The van der Waals surface area contributed by atoms with E-state index in [2.05, 4.69) is 10.2 Å². The summed E-state index contributed by atoms with van der Waals surface area (Å²) in [6, 6.07) is 1.20. The molecule has 17 heavy (non-hydrogen) atoms. The summed E-state index contributed by atoms with van der Waals surface area (Å²) >= 11 is 0. The highest BCUT2D eigenvalue weighted by molar-refractivity contribution is 5.80. The van der Waals surface area contributed by atoms with Crippen LogP contribution in [0.15, 0.2) is 0 Å². The van der Waals surface area contributed by atoms with Crippen LogP contribution in [0.25, 0.3) is 0 Å². The van der Waals surface area contributed by atoms with E-state index in [0.717, 1.165) is 38.4 Å². The SMILES string of the molecule is CCC(OC)C(=O)NC1CCN(C2CC2)CC1. The van der Waals surface area contributed by atoms with Gasteiger partial charge in [0.1, 0.15) is 6.10 Å². The monoisotopic (exact) mass is 240 g/mol. The second kappa shape index (κ2) is 5.83. The Labute approximate surface area is 104 Å². The number of carbonyl (C=O) groups is 1. The van der Waals surface area contributed by atoms with Crippen molar-refractivity contribution in [3.8, 4) is 0 Å². The van der Waals surface area contributed by atoms with Gasteiger partial charge in [0.25, 0.3) is 0 Å². The number of ether oxygens (including phenoxy) is 1. The molecule has 0 spiro atoms. The van der Waals surface area contributed by atoms with Crippen molar-refractivity contribution < 1.29 is 9.53 Å². The Balaban J connectivity index is 1.71. The molecular weight excluding hydrogens is 216 g/mol. The van der Waals surface area contributed by atoms with Crippen LogP contribution in [0.3, 0.4) is 0 Å². The second-order valence-corrected chi connectivity index (χ2v) is 5.18. The molecule has 4 nitrogen and oxygen atoms in total. The molecule has 1 aliphatic heterocycles. The highest BCUT2D eigenvalue weighted by Crippen LogP contribution is 2.29. The lowest BCUT2D eigenvalue weighted by molar-refractivity contribution is -0.132. The first-order valence-corrected chi connectivity index (χ1v) is 6.81. The number of carbonyl (C=O) groups excluding carboxylic acids is 1. The van der Waals surface area contributed by atoms with Crippen molar-refractivity contribution in [2.45, 2.75) is 57.2 Å². The summed E-state index contributed by atoms with van der Waals surface area (Å²) in [7, 11) is 1.60. The van der Waals surface area contributed by atoms with Crippen molar-refractivity contribution in [3.63, 3.8) is 0 Å². The lowest BCUT2D eigenvalue weighted by atomic mass is 10.0.